The zero-order chi connectivity index (χ0) is 19.3. The van der Waals surface area contributed by atoms with E-state index in [1.54, 1.807) is 0 Å². The highest BCUT2D eigenvalue weighted by Crippen LogP contribution is 2.38. The molecule has 0 aromatic carbocycles. The minimum Gasteiger partial charge on any atom is -0.353 e. The first kappa shape index (κ1) is 17.5. The number of carbonyl (C=O) groups excluding carboxylic acids is 2. The molecule has 2 saturated carbocycles. The van der Waals surface area contributed by atoms with Gasteiger partial charge in [0.25, 0.3) is 0 Å². The van der Waals surface area contributed by atoms with Crippen LogP contribution in [0.4, 0.5) is 5.82 Å². The lowest BCUT2D eigenvalue weighted by Gasteiger charge is -2.24. The summed E-state index contributed by atoms with van der Waals surface area (Å²) in [5.74, 6) is 1.81. The summed E-state index contributed by atoms with van der Waals surface area (Å²) in [5, 5.41) is 7.26. The molecule has 3 atom stereocenters. The second kappa shape index (κ2) is 6.76. The number of amides is 2. The standard InChI is InChI=1S/C22H26N4O2/c1-12-10-17(12)22(28)24-15-6-4-13(5-7-15)18-11-19(26-21(27)14-2-3-14)25-20-16(18)8-9-23-20/h4,8-9,11-12,14-15,17H,2-3,5-7,10H2,1H3,(H,24,28)(H2,23,25,26,27). The third kappa shape index (κ3) is 3.43. The Bertz CT molecular complexity index is 972. The van der Waals surface area contributed by atoms with Crippen LogP contribution in [0, 0.1) is 17.8 Å². The maximum Gasteiger partial charge on any atom is 0.228 e. The van der Waals surface area contributed by atoms with Gasteiger partial charge in [0.15, 0.2) is 0 Å². The molecule has 2 fully saturated rings. The molecular formula is C22H26N4O2. The van der Waals surface area contributed by atoms with Gasteiger partial charge in [-0.05, 0) is 67.7 Å². The number of allylic oxidation sites excluding steroid dienone is 1. The van der Waals surface area contributed by atoms with E-state index in [2.05, 4.69) is 33.6 Å². The third-order valence-electron chi connectivity index (χ3n) is 6.28. The fourth-order valence-electron chi connectivity index (χ4n) is 4.15. The van der Waals surface area contributed by atoms with Crippen LogP contribution in [-0.4, -0.2) is 27.8 Å². The minimum absolute atomic E-state index is 0.0686. The number of aromatic nitrogens is 2. The molecule has 0 bridgehead atoms. The summed E-state index contributed by atoms with van der Waals surface area (Å²) in [6.07, 6.45) is 9.79. The maximum absolute atomic E-state index is 12.2. The summed E-state index contributed by atoms with van der Waals surface area (Å²) in [7, 11) is 0. The highest BCUT2D eigenvalue weighted by Gasteiger charge is 2.39. The summed E-state index contributed by atoms with van der Waals surface area (Å²) >= 11 is 0. The first-order chi connectivity index (χ1) is 13.6. The number of rotatable bonds is 5. The van der Waals surface area contributed by atoms with E-state index in [9.17, 15) is 9.59 Å². The van der Waals surface area contributed by atoms with E-state index in [0.717, 1.165) is 55.1 Å². The second-order valence-electron chi connectivity index (χ2n) is 8.59. The molecular weight excluding hydrogens is 352 g/mol. The lowest BCUT2D eigenvalue weighted by atomic mass is 9.89. The van der Waals surface area contributed by atoms with Crippen LogP contribution in [0.2, 0.25) is 0 Å². The molecule has 146 valence electrons. The highest BCUT2D eigenvalue weighted by molar-refractivity contribution is 5.97. The molecule has 6 nitrogen and oxygen atoms in total. The number of anilines is 1. The lowest BCUT2D eigenvalue weighted by molar-refractivity contribution is -0.123. The van der Waals surface area contributed by atoms with Gasteiger partial charge in [-0.1, -0.05) is 13.0 Å². The first-order valence-corrected chi connectivity index (χ1v) is 10.4. The fraction of sp³-hybridized carbons (Fsp3) is 0.500. The predicted molar refractivity (Wildman–Crippen MR) is 108 cm³/mol. The van der Waals surface area contributed by atoms with Gasteiger partial charge >= 0.3 is 0 Å². The Hall–Kier alpha value is -2.63. The molecule has 2 aromatic heterocycles. The van der Waals surface area contributed by atoms with Crippen molar-refractivity contribution in [3.63, 3.8) is 0 Å². The number of nitrogens with zero attached hydrogens (tertiary/aromatic N) is 1. The van der Waals surface area contributed by atoms with Crippen LogP contribution in [0.25, 0.3) is 16.6 Å². The molecule has 5 rings (SSSR count). The third-order valence-corrected chi connectivity index (χ3v) is 6.28. The molecule has 3 aliphatic carbocycles. The number of hydrogen-bond acceptors (Lipinski definition) is 3. The molecule has 28 heavy (non-hydrogen) atoms. The summed E-state index contributed by atoms with van der Waals surface area (Å²) < 4.78 is 0. The van der Waals surface area contributed by atoms with Crippen molar-refractivity contribution in [1.82, 2.24) is 15.3 Å². The Morgan fingerprint density at radius 1 is 1.21 bits per heavy atom. The molecule has 2 aromatic rings. The molecule has 0 aliphatic heterocycles. The van der Waals surface area contributed by atoms with E-state index in [0.29, 0.717) is 11.7 Å². The van der Waals surface area contributed by atoms with Crippen molar-refractivity contribution in [1.29, 1.82) is 0 Å². The Kier molecular flexibility index (Phi) is 4.22. The van der Waals surface area contributed by atoms with Gasteiger partial charge in [0, 0.05) is 29.5 Å². The van der Waals surface area contributed by atoms with Crippen molar-refractivity contribution in [2.45, 2.75) is 51.5 Å². The van der Waals surface area contributed by atoms with Crippen molar-refractivity contribution in [3.05, 3.63) is 30.0 Å². The Morgan fingerprint density at radius 3 is 2.71 bits per heavy atom. The van der Waals surface area contributed by atoms with Crippen LogP contribution in [-0.2, 0) is 9.59 Å². The Balaban J connectivity index is 1.34. The zero-order valence-electron chi connectivity index (χ0n) is 16.1. The zero-order valence-corrected chi connectivity index (χ0v) is 16.1. The van der Waals surface area contributed by atoms with Crippen molar-refractivity contribution in [2.24, 2.45) is 17.8 Å². The first-order valence-electron chi connectivity index (χ1n) is 10.4. The van der Waals surface area contributed by atoms with E-state index < -0.39 is 0 Å². The number of carbonyl (C=O) groups is 2. The fourth-order valence-corrected chi connectivity index (χ4v) is 4.15. The number of aromatic amines is 1. The van der Waals surface area contributed by atoms with Crippen molar-refractivity contribution in [2.75, 3.05) is 5.32 Å². The van der Waals surface area contributed by atoms with E-state index in [1.165, 1.54) is 5.57 Å². The smallest absolute Gasteiger partial charge is 0.228 e. The van der Waals surface area contributed by atoms with Crippen LogP contribution >= 0.6 is 0 Å². The summed E-state index contributed by atoms with van der Waals surface area (Å²) in [5.41, 5.74) is 3.18. The topological polar surface area (TPSA) is 86.9 Å². The molecule has 3 aliphatic rings. The highest BCUT2D eigenvalue weighted by atomic mass is 16.2. The van der Waals surface area contributed by atoms with Crippen molar-refractivity contribution in [3.8, 4) is 0 Å². The Labute approximate surface area is 164 Å². The average molecular weight is 378 g/mol. The monoisotopic (exact) mass is 378 g/mol. The van der Waals surface area contributed by atoms with E-state index >= 15 is 0 Å². The van der Waals surface area contributed by atoms with Crippen molar-refractivity contribution >= 4 is 34.2 Å². The minimum atomic E-state index is 0.0686. The van der Waals surface area contributed by atoms with Crippen LogP contribution in [0.3, 0.4) is 0 Å². The molecule has 0 spiro atoms. The number of pyridine rings is 1. The maximum atomic E-state index is 12.2. The van der Waals surface area contributed by atoms with E-state index in [-0.39, 0.29) is 29.7 Å². The van der Waals surface area contributed by atoms with Gasteiger partial charge in [0.1, 0.15) is 11.5 Å². The number of nitrogens with one attached hydrogen (secondary N) is 3. The van der Waals surface area contributed by atoms with E-state index in [1.807, 2.05) is 18.3 Å². The predicted octanol–water partition coefficient (Wildman–Crippen LogP) is 3.62. The lowest BCUT2D eigenvalue weighted by Crippen LogP contribution is -2.36. The molecule has 0 radical (unpaired) electrons. The summed E-state index contributed by atoms with van der Waals surface area (Å²) in [6, 6.07) is 4.25. The molecule has 0 saturated heterocycles. The van der Waals surface area contributed by atoms with Gasteiger partial charge in [0.05, 0.1) is 0 Å². The Morgan fingerprint density at radius 2 is 2.04 bits per heavy atom. The van der Waals surface area contributed by atoms with Crippen LogP contribution in [0.1, 0.15) is 51.0 Å². The average Bonchev–Trinajstić information content (AvgIpc) is 3.60. The molecule has 2 heterocycles. The summed E-state index contributed by atoms with van der Waals surface area (Å²) in [4.78, 5) is 32.1. The molecule has 3 unspecified atom stereocenters. The van der Waals surface area contributed by atoms with Crippen LogP contribution < -0.4 is 10.6 Å². The second-order valence-corrected chi connectivity index (χ2v) is 8.59. The quantitative estimate of drug-likeness (QED) is 0.743. The van der Waals surface area contributed by atoms with Crippen LogP contribution in [0.5, 0.6) is 0 Å². The molecule has 2 amide bonds. The number of fused-ring (bicyclic) bond motifs is 1. The van der Waals surface area contributed by atoms with Crippen LogP contribution in [0.15, 0.2) is 24.4 Å². The summed E-state index contributed by atoms with van der Waals surface area (Å²) in [6.45, 7) is 2.13. The molecule has 6 heteroatoms. The SMILES string of the molecule is CC1CC1C(=O)NC1CC=C(c2cc(NC(=O)C3CC3)nc3[nH]ccc23)CC1. The van der Waals surface area contributed by atoms with Gasteiger partial charge in [0.2, 0.25) is 11.8 Å². The van der Waals surface area contributed by atoms with Gasteiger partial charge in [-0.3, -0.25) is 9.59 Å². The van der Waals surface area contributed by atoms with E-state index in [4.69, 9.17) is 0 Å². The van der Waals surface area contributed by atoms with Gasteiger partial charge in [-0.25, -0.2) is 4.98 Å². The number of H-pyrrole nitrogens is 1. The van der Waals surface area contributed by atoms with Gasteiger partial charge < -0.3 is 15.6 Å². The van der Waals surface area contributed by atoms with Gasteiger partial charge in [-0.2, -0.15) is 0 Å². The number of hydrogen-bond donors (Lipinski definition) is 3. The van der Waals surface area contributed by atoms with Gasteiger partial charge in [-0.15, -0.1) is 0 Å². The largest absolute Gasteiger partial charge is 0.353 e. The molecule has 3 N–H and O–H groups in total. The van der Waals surface area contributed by atoms with Crippen molar-refractivity contribution < 1.29 is 9.59 Å². The normalized spacial score (nSPS) is 26.6.